The van der Waals surface area contributed by atoms with Crippen molar-refractivity contribution in [3.63, 3.8) is 0 Å². The highest BCUT2D eigenvalue weighted by Crippen LogP contribution is 2.40. The lowest BCUT2D eigenvalue weighted by molar-refractivity contribution is -0.121. The molecule has 0 aromatic carbocycles. The van der Waals surface area contributed by atoms with E-state index in [2.05, 4.69) is 50.2 Å². The van der Waals surface area contributed by atoms with Crippen LogP contribution in [0.2, 0.25) is 0 Å². The van der Waals surface area contributed by atoms with Gasteiger partial charge in [0.1, 0.15) is 5.82 Å². The molecule has 1 aliphatic carbocycles. The normalized spacial score (nSPS) is 19.5. The monoisotopic (exact) mass is 340 g/mol. The van der Waals surface area contributed by atoms with Crippen LogP contribution in [0.15, 0.2) is 6.20 Å². The van der Waals surface area contributed by atoms with Crippen LogP contribution >= 0.6 is 12.4 Å². The average Bonchev–Trinajstić information content (AvgIpc) is 2.35. The molecule has 1 aromatic rings. The first-order valence-electron chi connectivity index (χ1n) is 7.93. The highest BCUT2D eigenvalue weighted by atomic mass is 35.5. The Balaban J connectivity index is 0.00000264. The third kappa shape index (κ3) is 4.88. The summed E-state index contributed by atoms with van der Waals surface area (Å²) in [7, 11) is 1.77. The third-order valence-corrected chi connectivity index (χ3v) is 4.02. The Hall–Kier alpha value is -1.20. The summed E-state index contributed by atoms with van der Waals surface area (Å²) in [5, 5.41) is 6.00. The second-order valence-electron chi connectivity index (χ2n) is 8.04. The smallest absolute Gasteiger partial charge is 0.234 e. The van der Waals surface area contributed by atoms with E-state index in [0.29, 0.717) is 6.54 Å². The molecule has 0 saturated carbocycles. The van der Waals surface area contributed by atoms with E-state index in [0.717, 1.165) is 29.9 Å². The summed E-state index contributed by atoms with van der Waals surface area (Å²) in [5.41, 5.74) is 2.19. The number of amides is 1. The van der Waals surface area contributed by atoms with E-state index in [1.54, 1.807) is 7.05 Å². The number of nitrogens with one attached hydrogen (secondary N) is 2. The zero-order valence-electron chi connectivity index (χ0n) is 15.0. The van der Waals surface area contributed by atoms with Crippen molar-refractivity contribution < 1.29 is 4.79 Å². The summed E-state index contributed by atoms with van der Waals surface area (Å²) in [6.07, 6.45) is 3.74. The number of carbonyl (C=O) groups is 1. The summed E-state index contributed by atoms with van der Waals surface area (Å²) < 4.78 is 0. The Morgan fingerprint density at radius 1 is 1.39 bits per heavy atom. The van der Waals surface area contributed by atoms with Crippen LogP contribution in [0.3, 0.4) is 0 Å². The lowest BCUT2D eigenvalue weighted by atomic mass is 9.74. The molecule has 1 atom stereocenters. The Bertz CT molecular complexity index is 566. The largest absolute Gasteiger partial charge is 0.348 e. The van der Waals surface area contributed by atoms with Crippen molar-refractivity contribution in [2.45, 2.75) is 58.9 Å². The minimum absolute atomic E-state index is 0. The van der Waals surface area contributed by atoms with Gasteiger partial charge in [0, 0.05) is 22.9 Å². The molecule has 0 spiro atoms. The van der Waals surface area contributed by atoms with Gasteiger partial charge in [0.05, 0.1) is 12.6 Å². The van der Waals surface area contributed by atoms with E-state index in [9.17, 15) is 4.79 Å². The van der Waals surface area contributed by atoms with Gasteiger partial charge in [0.25, 0.3) is 0 Å². The SMILES string of the molecule is CNCC(=O)NC1CC(C)(C)Cc2nc(C(C)(C)C)ncc21.Cl. The number of aromatic nitrogens is 2. The van der Waals surface area contributed by atoms with Gasteiger partial charge in [-0.15, -0.1) is 12.4 Å². The number of likely N-dealkylation sites (N-methyl/N-ethyl adjacent to an activating group) is 1. The van der Waals surface area contributed by atoms with Crippen molar-refractivity contribution in [2.75, 3.05) is 13.6 Å². The first-order valence-corrected chi connectivity index (χ1v) is 7.93. The first-order chi connectivity index (χ1) is 10.1. The molecule has 2 rings (SSSR count). The molecular formula is C17H29ClN4O. The zero-order valence-corrected chi connectivity index (χ0v) is 15.8. The van der Waals surface area contributed by atoms with Gasteiger partial charge in [0.15, 0.2) is 0 Å². The molecule has 23 heavy (non-hydrogen) atoms. The maximum absolute atomic E-state index is 11.9. The van der Waals surface area contributed by atoms with E-state index in [1.807, 2.05) is 6.20 Å². The van der Waals surface area contributed by atoms with E-state index >= 15 is 0 Å². The Morgan fingerprint density at radius 2 is 2.04 bits per heavy atom. The van der Waals surface area contributed by atoms with Crippen LogP contribution in [0.5, 0.6) is 0 Å². The second-order valence-corrected chi connectivity index (χ2v) is 8.04. The molecule has 1 amide bonds. The molecule has 2 N–H and O–H groups in total. The van der Waals surface area contributed by atoms with Crippen molar-refractivity contribution in [1.82, 2.24) is 20.6 Å². The molecule has 0 bridgehead atoms. The zero-order chi connectivity index (χ0) is 16.5. The molecule has 1 unspecified atom stereocenters. The van der Waals surface area contributed by atoms with E-state index in [4.69, 9.17) is 4.98 Å². The number of carbonyl (C=O) groups excluding carboxylic acids is 1. The molecule has 130 valence electrons. The number of fused-ring (bicyclic) bond motifs is 1. The van der Waals surface area contributed by atoms with Crippen molar-refractivity contribution in [3.05, 3.63) is 23.3 Å². The molecular weight excluding hydrogens is 312 g/mol. The number of hydrogen-bond acceptors (Lipinski definition) is 4. The molecule has 1 aromatic heterocycles. The van der Waals surface area contributed by atoms with Crippen LogP contribution in [0.1, 0.15) is 64.2 Å². The Kier molecular flexibility index (Phi) is 6.16. The van der Waals surface area contributed by atoms with Crippen LogP contribution < -0.4 is 10.6 Å². The molecule has 1 heterocycles. The Labute approximate surface area is 145 Å². The maximum Gasteiger partial charge on any atom is 0.234 e. The van der Waals surface area contributed by atoms with E-state index < -0.39 is 0 Å². The van der Waals surface area contributed by atoms with Crippen molar-refractivity contribution in [2.24, 2.45) is 5.41 Å². The molecule has 6 heteroatoms. The maximum atomic E-state index is 11.9. The molecule has 0 saturated heterocycles. The van der Waals surface area contributed by atoms with Gasteiger partial charge in [-0.2, -0.15) is 0 Å². The standard InChI is InChI=1S/C17H28N4O.ClH/c1-16(2,3)15-19-9-11-12(20-14(22)10-18-6)7-17(4,5)8-13(11)21-15;/h9,12,18H,7-8,10H2,1-6H3,(H,20,22);1H. The molecule has 0 fully saturated rings. The van der Waals surface area contributed by atoms with Crippen molar-refractivity contribution >= 4 is 18.3 Å². The molecule has 5 nitrogen and oxygen atoms in total. The van der Waals surface area contributed by atoms with Gasteiger partial charge >= 0.3 is 0 Å². The van der Waals surface area contributed by atoms with Crippen LogP contribution in [-0.2, 0) is 16.6 Å². The van der Waals surface area contributed by atoms with Crippen molar-refractivity contribution in [1.29, 1.82) is 0 Å². The minimum Gasteiger partial charge on any atom is -0.348 e. The van der Waals surface area contributed by atoms with Crippen LogP contribution in [-0.4, -0.2) is 29.5 Å². The van der Waals surface area contributed by atoms with Crippen molar-refractivity contribution in [3.8, 4) is 0 Å². The summed E-state index contributed by atoms with van der Waals surface area (Å²) in [4.78, 5) is 21.3. The second kappa shape index (κ2) is 7.14. The van der Waals surface area contributed by atoms with Gasteiger partial charge in [0.2, 0.25) is 5.91 Å². The van der Waals surface area contributed by atoms with Gasteiger partial charge < -0.3 is 10.6 Å². The van der Waals surface area contributed by atoms with E-state index in [-0.39, 0.29) is 35.2 Å². The number of nitrogens with zero attached hydrogens (tertiary/aromatic N) is 2. The minimum atomic E-state index is -0.0680. The van der Waals surface area contributed by atoms with Gasteiger partial charge in [-0.3, -0.25) is 4.79 Å². The first kappa shape index (κ1) is 19.8. The van der Waals surface area contributed by atoms with Crippen LogP contribution in [0, 0.1) is 5.41 Å². The topological polar surface area (TPSA) is 66.9 Å². The highest BCUT2D eigenvalue weighted by molar-refractivity contribution is 5.85. The molecule has 0 radical (unpaired) electrons. The fourth-order valence-electron chi connectivity index (χ4n) is 2.94. The van der Waals surface area contributed by atoms with Gasteiger partial charge in [-0.05, 0) is 25.3 Å². The van der Waals surface area contributed by atoms with Crippen LogP contribution in [0.4, 0.5) is 0 Å². The number of hydrogen-bond donors (Lipinski definition) is 2. The predicted molar refractivity (Wildman–Crippen MR) is 94.9 cm³/mol. The fraction of sp³-hybridized carbons (Fsp3) is 0.706. The lowest BCUT2D eigenvalue weighted by Gasteiger charge is -2.37. The molecule has 1 aliphatic rings. The Morgan fingerprint density at radius 3 is 2.61 bits per heavy atom. The average molecular weight is 341 g/mol. The highest BCUT2D eigenvalue weighted by Gasteiger charge is 2.35. The lowest BCUT2D eigenvalue weighted by Crippen LogP contribution is -2.40. The van der Waals surface area contributed by atoms with Gasteiger partial charge in [-0.1, -0.05) is 34.6 Å². The quantitative estimate of drug-likeness (QED) is 0.887. The predicted octanol–water partition coefficient (Wildman–Crippen LogP) is 2.55. The fourth-order valence-corrected chi connectivity index (χ4v) is 2.94. The third-order valence-electron chi connectivity index (χ3n) is 4.02. The van der Waals surface area contributed by atoms with Crippen LogP contribution in [0.25, 0.3) is 0 Å². The number of rotatable bonds is 3. The summed E-state index contributed by atoms with van der Waals surface area (Å²) in [6.45, 7) is 11.1. The number of halogens is 1. The van der Waals surface area contributed by atoms with E-state index in [1.165, 1.54) is 0 Å². The summed E-state index contributed by atoms with van der Waals surface area (Å²) in [6, 6.07) is -0.00591. The van der Waals surface area contributed by atoms with Gasteiger partial charge in [-0.25, -0.2) is 9.97 Å². The summed E-state index contributed by atoms with van der Waals surface area (Å²) >= 11 is 0. The summed E-state index contributed by atoms with van der Waals surface area (Å²) in [5.74, 6) is 0.875. The molecule has 0 aliphatic heterocycles.